The Morgan fingerprint density at radius 1 is 1.08 bits per heavy atom. The molecular formula is C17H14FN3O2S. The van der Waals surface area contributed by atoms with E-state index in [0.29, 0.717) is 29.2 Å². The maximum Gasteiger partial charge on any atom is 0.235 e. The van der Waals surface area contributed by atoms with Crippen LogP contribution >= 0.6 is 0 Å². The Labute approximate surface area is 138 Å². The first kappa shape index (κ1) is 14.9. The largest absolute Gasteiger partial charge is 0.315 e. The van der Waals surface area contributed by atoms with Gasteiger partial charge in [-0.25, -0.2) is 17.8 Å². The van der Waals surface area contributed by atoms with Gasteiger partial charge in [0.1, 0.15) is 17.3 Å². The minimum Gasteiger partial charge on any atom is -0.315 e. The Bertz CT molecular complexity index is 1010. The van der Waals surface area contributed by atoms with Gasteiger partial charge in [-0.3, -0.25) is 4.72 Å². The summed E-state index contributed by atoms with van der Waals surface area (Å²) in [6.07, 6.45) is 1.56. The molecule has 0 radical (unpaired) electrons. The van der Waals surface area contributed by atoms with Gasteiger partial charge in [-0.15, -0.1) is 0 Å². The van der Waals surface area contributed by atoms with E-state index in [2.05, 4.69) is 9.71 Å². The molecule has 0 atom stereocenters. The van der Waals surface area contributed by atoms with Crippen LogP contribution in [0.25, 0.3) is 22.4 Å². The van der Waals surface area contributed by atoms with Crippen LogP contribution in [-0.2, 0) is 16.6 Å². The first-order chi connectivity index (χ1) is 11.5. The van der Waals surface area contributed by atoms with E-state index in [1.165, 1.54) is 6.07 Å². The number of aromatic nitrogens is 2. The summed E-state index contributed by atoms with van der Waals surface area (Å²) in [7, 11) is -3.36. The van der Waals surface area contributed by atoms with Crippen LogP contribution in [0.2, 0.25) is 0 Å². The van der Waals surface area contributed by atoms with Crippen molar-refractivity contribution in [2.24, 2.45) is 0 Å². The zero-order chi connectivity index (χ0) is 16.7. The lowest BCUT2D eigenvalue weighted by atomic mass is 10.0. The summed E-state index contributed by atoms with van der Waals surface area (Å²) in [6.45, 7) is 0.336. The van der Waals surface area contributed by atoms with E-state index >= 15 is 0 Å². The highest BCUT2D eigenvalue weighted by atomic mass is 32.2. The standard InChI is InChI=1S/C17H14FN3O2S/c18-15-10-13(6-7-14(15)12-4-2-1-3-5-12)16-17-20-24(22,23)9-8-21(17)11-19-16/h1-7,10-11,20H,8-9H2. The van der Waals surface area contributed by atoms with Crippen molar-refractivity contribution >= 4 is 15.8 Å². The minimum atomic E-state index is -3.36. The lowest BCUT2D eigenvalue weighted by molar-refractivity contribution is 0.588. The molecule has 0 saturated carbocycles. The fraction of sp³-hybridized carbons (Fsp3) is 0.118. The van der Waals surface area contributed by atoms with Gasteiger partial charge in [0.25, 0.3) is 0 Å². The van der Waals surface area contributed by atoms with Gasteiger partial charge < -0.3 is 4.57 Å². The van der Waals surface area contributed by atoms with Crippen LogP contribution in [0.4, 0.5) is 10.2 Å². The molecule has 0 saturated heterocycles. The molecule has 0 aliphatic carbocycles. The van der Waals surface area contributed by atoms with Crippen LogP contribution in [0.5, 0.6) is 0 Å². The molecule has 1 aliphatic heterocycles. The maximum absolute atomic E-state index is 14.5. The lowest BCUT2D eigenvalue weighted by Crippen LogP contribution is -2.27. The highest BCUT2D eigenvalue weighted by Crippen LogP contribution is 2.32. The fourth-order valence-corrected chi connectivity index (χ4v) is 3.85. The van der Waals surface area contributed by atoms with E-state index in [-0.39, 0.29) is 11.6 Å². The quantitative estimate of drug-likeness (QED) is 0.778. The monoisotopic (exact) mass is 343 g/mol. The molecule has 0 fully saturated rings. The number of nitrogens with zero attached hydrogens (tertiary/aromatic N) is 2. The highest BCUT2D eigenvalue weighted by molar-refractivity contribution is 7.92. The van der Waals surface area contributed by atoms with Crippen molar-refractivity contribution in [3.05, 3.63) is 60.7 Å². The van der Waals surface area contributed by atoms with Crippen LogP contribution in [-0.4, -0.2) is 23.7 Å². The summed E-state index contributed by atoms with van der Waals surface area (Å²) in [5.74, 6) is 0.0177. The van der Waals surface area contributed by atoms with Crippen molar-refractivity contribution in [2.45, 2.75) is 6.54 Å². The second-order valence-corrected chi connectivity index (χ2v) is 7.46. The van der Waals surface area contributed by atoms with E-state index in [1.54, 1.807) is 23.0 Å². The second kappa shape index (κ2) is 5.45. The molecule has 24 heavy (non-hydrogen) atoms. The third-order valence-corrected chi connectivity index (χ3v) is 5.24. The predicted molar refractivity (Wildman–Crippen MR) is 90.5 cm³/mol. The molecule has 0 spiro atoms. The van der Waals surface area contributed by atoms with Crippen LogP contribution in [0.15, 0.2) is 54.9 Å². The zero-order valence-electron chi connectivity index (χ0n) is 12.6. The molecule has 0 amide bonds. The molecule has 2 aromatic carbocycles. The summed E-state index contributed by atoms with van der Waals surface area (Å²) >= 11 is 0. The van der Waals surface area contributed by atoms with Gasteiger partial charge in [-0.05, 0) is 11.6 Å². The van der Waals surface area contributed by atoms with Gasteiger partial charge in [0.2, 0.25) is 10.0 Å². The molecule has 0 bridgehead atoms. The molecule has 0 unspecified atom stereocenters. The summed E-state index contributed by atoms with van der Waals surface area (Å²) in [5.41, 5.74) is 2.24. The van der Waals surface area contributed by atoms with Crippen LogP contribution in [0, 0.1) is 5.82 Å². The molecular weight excluding hydrogens is 329 g/mol. The van der Waals surface area contributed by atoms with Crippen molar-refractivity contribution in [1.29, 1.82) is 0 Å². The van der Waals surface area contributed by atoms with E-state index in [0.717, 1.165) is 5.56 Å². The first-order valence-electron chi connectivity index (χ1n) is 7.44. The Balaban J connectivity index is 1.77. The van der Waals surface area contributed by atoms with E-state index < -0.39 is 10.0 Å². The van der Waals surface area contributed by atoms with Crippen molar-refractivity contribution < 1.29 is 12.8 Å². The van der Waals surface area contributed by atoms with Crippen molar-refractivity contribution in [2.75, 3.05) is 10.5 Å². The molecule has 1 aromatic heterocycles. The van der Waals surface area contributed by atoms with Gasteiger partial charge in [0.05, 0.1) is 12.1 Å². The van der Waals surface area contributed by atoms with E-state index in [9.17, 15) is 12.8 Å². The number of aryl methyl sites for hydroxylation is 1. The average Bonchev–Trinajstić information content (AvgIpc) is 2.97. The second-order valence-electron chi connectivity index (χ2n) is 5.62. The number of sulfonamides is 1. The molecule has 1 aliphatic rings. The maximum atomic E-state index is 14.5. The Hall–Kier alpha value is -2.67. The van der Waals surface area contributed by atoms with Crippen molar-refractivity contribution in [1.82, 2.24) is 9.55 Å². The summed E-state index contributed by atoms with van der Waals surface area (Å²) < 4.78 is 42.3. The topological polar surface area (TPSA) is 64.0 Å². The van der Waals surface area contributed by atoms with Gasteiger partial charge in [-0.1, -0.05) is 42.5 Å². The molecule has 5 nitrogen and oxygen atoms in total. The number of benzene rings is 2. The van der Waals surface area contributed by atoms with Gasteiger partial charge >= 0.3 is 0 Å². The summed E-state index contributed by atoms with van der Waals surface area (Å²) in [4.78, 5) is 4.25. The van der Waals surface area contributed by atoms with E-state index in [1.807, 2.05) is 30.3 Å². The smallest absolute Gasteiger partial charge is 0.235 e. The summed E-state index contributed by atoms with van der Waals surface area (Å²) in [6, 6.07) is 14.1. The fourth-order valence-electron chi connectivity index (χ4n) is 2.80. The number of fused-ring (bicyclic) bond motifs is 1. The SMILES string of the molecule is O=S1(=O)CCn2cnc(-c3ccc(-c4ccccc4)c(F)c3)c2N1. The van der Waals surface area contributed by atoms with Crippen molar-refractivity contribution in [3.63, 3.8) is 0 Å². The zero-order valence-corrected chi connectivity index (χ0v) is 13.4. The number of imidazole rings is 1. The Morgan fingerprint density at radius 3 is 2.62 bits per heavy atom. The number of hydrogen-bond donors (Lipinski definition) is 1. The lowest BCUT2D eigenvalue weighted by Gasteiger charge is -2.18. The number of hydrogen-bond acceptors (Lipinski definition) is 3. The molecule has 7 heteroatoms. The first-order valence-corrected chi connectivity index (χ1v) is 9.10. The Morgan fingerprint density at radius 2 is 1.88 bits per heavy atom. The summed E-state index contributed by atoms with van der Waals surface area (Å²) in [5, 5.41) is 0. The Kier molecular flexibility index (Phi) is 3.38. The normalized spacial score (nSPS) is 15.5. The molecule has 1 N–H and O–H groups in total. The number of anilines is 1. The van der Waals surface area contributed by atoms with Crippen LogP contribution in [0.1, 0.15) is 0 Å². The molecule has 4 rings (SSSR count). The molecule has 2 heterocycles. The minimum absolute atomic E-state index is 0.0110. The number of halogens is 1. The highest BCUT2D eigenvalue weighted by Gasteiger charge is 2.24. The van der Waals surface area contributed by atoms with Crippen LogP contribution in [0.3, 0.4) is 0 Å². The molecule has 3 aromatic rings. The third kappa shape index (κ3) is 2.56. The number of rotatable bonds is 2. The predicted octanol–water partition coefficient (Wildman–Crippen LogP) is 3.11. The van der Waals surface area contributed by atoms with Gasteiger partial charge in [-0.2, -0.15) is 0 Å². The van der Waals surface area contributed by atoms with Crippen molar-refractivity contribution in [3.8, 4) is 22.4 Å². The molecule has 122 valence electrons. The van der Waals surface area contributed by atoms with Gasteiger partial charge in [0.15, 0.2) is 0 Å². The van der Waals surface area contributed by atoms with Crippen LogP contribution < -0.4 is 4.72 Å². The third-order valence-electron chi connectivity index (χ3n) is 4.02. The van der Waals surface area contributed by atoms with E-state index in [4.69, 9.17) is 0 Å². The average molecular weight is 343 g/mol. The number of nitrogens with one attached hydrogen (secondary N) is 1. The van der Waals surface area contributed by atoms with Gasteiger partial charge in [0, 0.05) is 17.7 Å².